The third kappa shape index (κ3) is 6.79. The lowest BCUT2D eigenvalue weighted by atomic mass is 9.62. The Balaban J connectivity index is 1.57. The van der Waals surface area contributed by atoms with Crippen LogP contribution < -0.4 is 0 Å². The fourth-order valence-corrected chi connectivity index (χ4v) is 5.52. The van der Waals surface area contributed by atoms with Crippen LogP contribution in [0.4, 0.5) is 0 Å². The number of nitrogens with zero attached hydrogens (tertiary/aromatic N) is 2. The topological polar surface area (TPSA) is 64.8 Å². The molecular weight excluding hydrogens is 488 g/mol. The third-order valence-corrected chi connectivity index (χ3v) is 8.03. The minimum absolute atomic E-state index is 0.142. The molecule has 1 aliphatic carbocycles. The van der Waals surface area contributed by atoms with E-state index in [0.29, 0.717) is 38.5 Å². The maximum Gasteiger partial charge on any atom is 0.290 e. The van der Waals surface area contributed by atoms with Gasteiger partial charge >= 0.3 is 0 Å². The van der Waals surface area contributed by atoms with Gasteiger partial charge in [-0.3, -0.25) is 9.78 Å². The minimum Gasteiger partial charge on any atom is -0.456 e. The molecule has 6 nitrogen and oxygen atoms in total. The average Bonchev–Trinajstić information content (AvgIpc) is 3.36. The second kappa shape index (κ2) is 12.1. The predicted octanol–water partition coefficient (Wildman–Crippen LogP) is 6.96. The van der Waals surface area contributed by atoms with Gasteiger partial charge in [0.15, 0.2) is 12.1 Å². The number of amides is 1. The van der Waals surface area contributed by atoms with Crippen LogP contribution in [0.15, 0.2) is 53.2 Å². The summed E-state index contributed by atoms with van der Waals surface area (Å²) in [6.07, 6.45) is 5.97. The number of pyridine rings is 1. The number of carbonyl (C=O) groups is 1. The number of hydrogen-bond donors (Lipinski definition) is 0. The molecule has 6 heteroatoms. The molecular formula is C33H44N2O4. The van der Waals surface area contributed by atoms with Crippen LogP contribution in [0.2, 0.25) is 0 Å². The molecule has 0 bridgehead atoms. The summed E-state index contributed by atoms with van der Waals surface area (Å²) in [6, 6.07) is 12.3. The molecule has 0 saturated carbocycles. The van der Waals surface area contributed by atoms with Gasteiger partial charge in [0.2, 0.25) is 0 Å². The lowest BCUT2D eigenvalue weighted by Crippen LogP contribution is -2.39. The summed E-state index contributed by atoms with van der Waals surface area (Å²) in [6.45, 7) is 17.1. The van der Waals surface area contributed by atoms with E-state index in [2.05, 4.69) is 51.7 Å². The highest BCUT2D eigenvalue weighted by Gasteiger charge is 2.37. The molecule has 3 aromatic rings. The fourth-order valence-electron chi connectivity index (χ4n) is 5.52. The first-order chi connectivity index (χ1) is 18.5. The molecule has 0 saturated heterocycles. The van der Waals surface area contributed by atoms with E-state index in [1.807, 2.05) is 32.0 Å². The van der Waals surface area contributed by atoms with E-state index in [9.17, 15) is 4.79 Å². The number of rotatable bonds is 11. The van der Waals surface area contributed by atoms with Crippen molar-refractivity contribution >= 4 is 5.91 Å². The normalized spacial score (nSPS) is 15.8. The number of aromatic nitrogens is 1. The highest BCUT2D eigenvalue weighted by atomic mass is 16.7. The van der Waals surface area contributed by atoms with Crippen molar-refractivity contribution in [3.8, 4) is 0 Å². The lowest BCUT2D eigenvalue weighted by molar-refractivity contribution is -0.144. The number of benzene rings is 1. The molecule has 1 amide bonds. The molecule has 2 heterocycles. The van der Waals surface area contributed by atoms with Gasteiger partial charge < -0.3 is 18.8 Å². The third-order valence-electron chi connectivity index (χ3n) is 8.03. The molecule has 1 aliphatic rings. The summed E-state index contributed by atoms with van der Waals surface area (Å²) >= 11 is 0. The molecule has 210 valence electrons. The monoisotopic (exact) mass is 532 g/mol. The second-order valence-corrected chi connectivity index (χ2v) is 11.9. The molecule has 0 N–H and O–H groups in total. The lowest BCUT2D eigenvalue weighted by Gasteiger charge is -2.42. The van der Waals surface area contributed by atoms with Gasteiger partial charge in [-0.1, -0.05) is 39.8 Å². The van der Waals surface area contributed by atoms with Crippen LogP contribution in [0.3, 0.4) is 0 Å². The summed E-state index contributed by atoms with van der Waals surface area (Å²) in [5.74, 6) is 0.916. The molecule has 0 radical (unpaired) electrons. The number of ether oxygens (including phenoxy) is 2. The van der Waals surface area contributed by atoms with E-state index in [4.69, 9.17) is 13.9 Å². The zero-order chi connectivity index (χ0) is 28.2. The maximum absolute atomic E-state index is 13.7. The van der Waals surface area contributed by atoms with Gasteiger partial charge in [0.25, 0.3) is 5.91 Å². The molecule has 4 rings (SSSR count). The zero-order valence-electron chi connectivity index (χ0n) is 24.7. The standard InChI is InChI=1S/C33H44N2O4/c1-8-37-30(38-9-2)22-35(21-24-12-16-34-17-13-24)31(36)29-11-10-26(39-29)19-25-20-28-27(18-23(25)3)32(4,5)14-15-33(28,6)7/h10-13,16-18,20,30H,8-9,14-15,19,21-22H2,1-7H3. The zero-order valence-corrected chi connectivity index (χ0v) is 24.7. The number of fused-ring (bicyclic) bond motifs is 1. The Bertz CT molecular complexity index is 1260. The Morgan fingerprint density at radius 1 is 0.974 bits per heavy atom. The Labute approximate surface area is 233 Å². The highest BCUT2D eigenvalue weighted by molar-refractivity contribution is 5.91. The van der Waals surface area contributed by atoms with Gasteiger partial charge in [0, 0.05) is 38.6 Å². The van der Waals surface area contributed by atoms with Crippen molar-refractivity contribution in [2.75, 3.05) is 19.8 Å². The van der Waals surface area contributed by atoms with Crippen LogP contribution in [0.5, 0.6) is 0 Å². The Morgan fingerprint density at radius 2 is 1.59 bits per heavy atom. The van der Waals surface area contributed by atoms with Gasteiger partial charge in [-0.05, 0) is 96.5 Å². The average molecular weight is 533 g/mol. The van der Waals surface area contributed by atoms with Gasteiger partial charge in [-0.15, -0.1) is 0 Å². The van der Waals surface area contributed by atoms with Crippen molar-refractivity contribution in [2.24, 2.45) is 0 Å². The molecule has 0 atom stereocenters. The fraction of sp³-hybridized carbons (Fsp3) is 0.515. The SMILES string of the molecule is CCOC(CN(Cc1ccncc1)C(=O)c1ccc(Cc2cc3c(cc2C)C(C)(C)CCC3(C)C)o1)OCC. The summed E-state index contributed by atoms with van der Waals surface area (Å²) in [7, 11) is 0. The largest absolute Gasteiger partial charge is 0.456 e. The Morgan fingerprint density at radius 3 is 2.21 bits per heavy atom. The van der Waals surface area contributed by atoms with Crippen molar-refractivity contribution in [2.45, 2.75) is 91.4 Å². The molecule has 1 aromatic carbocycles. The van der Waals surface area contributed by atoms with Gasteiger partial charge in [0.1, 0.15) is 5.76 Å². The molecule has 0 fully saturated rings. The highest BCUT2D eigenvalue weighted by Crippen LogP contribution is 2.46. The maximum atomic E-state index is 13.7. The van der Waals surface area contributed by atoms with Gasteiger partial charge in [0.05, 0.1) is 6.54 Å². The summed E-state index contributed by atoms with van der Waals surface area (Å²) < 4.78 is 17.7. The van der Waals surface area contributed by atoms with E-state index >= 15 is 0 Å². The molecule has 0 spiro atoms. The van der Waals surface area contributed by atoms with Crippen molar-refractivity contribution in [3.63, 3.8) is 0 Å². The van der Waals surface area contributed by atoms with Crippen LogP contribution >= 0.6 is 0 Å². The summed E-state index contributed by atoms with van der Waals surface area (Å²) in [5, 5.41) is 0. The van der Waals surface area contributed by atoms with Crippen molar-refractivity contribution in [3.05, 3.63) is 88.1 Å². The van der Waals surface area contributed by atoms with E-state index in [1.54, 1.807) is 23.4 Å². The van der Waals surface area contributed by atoms with E-state index in [-0.39, 0.29) is 16.7 Å². The first kappa shape index (κ1) is 29.0. The number of furan rings is 1. The van der Waals surface area contributed by atoms with Gasteiger partial charge in [-0.2, -0.15) is 0 Å². The predicted molar refractivity (Wildman–Crippen MR) is 154 cm³/mol. The van der Waals surface area contributed by atoms with Crippen LogP contribution in [0, 0.1) is 6.92 Å². The molecule has 0 unspecified atom stereocenters. The summed E-state index contributed by atoms with van der Waals surface area (Å²) in [4.78, 5) is 19.5. The Hall–Kier alpha value is -2.96. The van der Waals surface area contributed by atoms with E-state index in [0.717, 1.165) is 11.3 Å². The molecule has 0 aliphatic heterocycles. The summed E-state index contributed by atoms with van der Waals surface area (Å²) in [5.41, 5.74) is 6.70. The number of carbonyl (C=O) groups excluding carboxylic acids is 1. The first-order valence-electron chi connectivity index (χ1n) is 14.2. The van der Waals surface area contributed by atoms with Crippen molar-refractivity contribution < 1.29 is 18.7 Å². The molecule has 39 heavy (non-hydrogen) atoms. The Kier molecular flexibility index (Phi) is 8.97. The van der Waals surface area contributed by atoms with Gasteiger partial charge in [-0.25, -0.2) is 0 Å². The van der Waals surface area contributed by atoms with E-state index in [1.165, 1.54) is 35.1 Å². The first-order valence-corrected chi connectivity index (χ1v) is 14.2. The van der Waals surface area contributed by atoms with Crippen LogP contribution in [-0.4, -0.2) is 41.8 Å². The van der Waals surface area contributed by atoms with Crippen molar-refractivity contribution in [1.29, 1.82) is 0 Å². The van der Waals surface area contributed by atoms with Crippen LogP contribution in [0.25, 0.3) is 0 Å². The smallest absolute Gasteiger partial charge is 0.290 e. The van der Waals surface area contributed by atoms with Crippen LogP contribution in [-0.2, 0) is 33.3 Å². The minimum atomic E-state index is -0.508. The number of aryl methyl sites for hydroxylation is 1. The van der Waals surface area contributed by atoms with Crippen molar-refractivity contribution in [1.82, 2.24) is 9.88 Å². The number of hydrogen-bond acceptors (Lipinski definition) is 5. The second-order valence-electron chi connectivity index (χ2n) is 11.9. The molecule has 2 aromatic heterocycles. The van der Waals surface area contributed by atoms with Crippen LogP contribution in [0.1, 0.15) is 98.5 Å². The quantitative estimate of drug-likeness (QED) is 0.250. The van der Waals surface area contributed by atoms with E-state index < -0.39 is 6.29 Å².